The highest BCUT2D eigenvalue weighted by molar-refractivity contribution is 5.92. The molecule has 1 N–H and O–H groups in total. The minimum absolute atomic E-state index is 0.688. The Morgan fingerprint density at radius 1 is 1.03 bits per heavy atom. The zero-order valence-corrected chi connectivity index (χ0v) is 16.8. The molecule has 0 aliphatic heterocycles. The molecule has 0 atom stereocenters. The van der Waals surface area contributed by atoms with Gasteiger partial charge in [-0.15, -0.1) is 0 Å². The molecule has 0 saturated heterocycles. The highest BCUT2D eigenvalue weighted by Crippen LogP contribution is 2.29. The third-order valence-corrected chi connectivity index (χ3v) is 5.10. The van der Waals surface area contributed by atoms with E-state index in [1.165, 1.54) is 11.3 Å². The molecular weight excluding hydrogens is 362 g/mol. The van der Waals surface area contributed by atoms with Crippen LogP contribution < -0.4 is 10.2 Å². The van der Waals surface area contributed by atoms with Crippen molar-refractivity contribution in [1.29, 1.82) is 0 Å². The van der Waals surface area contributed by atoms with Crippen LogP contribution in [0.1, 0.15) is 22.4 Å². The third kappa shape index (κ3) is 3.69. The zero-order valence-electron chi connectivity index (χ0n) is 16.8. The Hall–Kier alpha value is -3.67. The number of para-hydroxylation sites is 1. The van der Waals surface area contributed by atoms with E-state index in [-0.39, 0.29) is 0 Å². The molecule has 2 aromatic heterocycles. The second-order valence-corrected chi connectivity index (χ2v) is 6.81. The van der Waals surface area contributed by atoms with Crippen LogP contribution in [0.4, 0.5) is 5.82 Å². The van der Waals surface area contributed by atoms with Gasteiger partial charge in [0.15, 0.2) is 5.82 Å². The number of hydrogen-bond acceptors (Lipinski definition) is 5. The number of ether oxygens (including phenoxy) is 1. The minimum Gasteiger partial charge on any atom is -0.496 e. The number of nitrogens with zero attached hydrogens (tertiary/aromatic N) is 4. The number of benzene rings is 2. The third-order valence-electron chi connectivity index (χ3n) is 5.10. The van der Waals surface area contributed by atoms with Crippen molar-refractivity contribution in [1.82, 2.24) is 14.5 Å². The second kappa shape index (κ2) is 8.14. The average molecular weight is 385 g/mol. The molecule has 0 aliphatic carbocycles. The summed E-state index contributed by atoms with van der Waals surface area (Å²) in [4.78, 5) is 8.98. The number of hydrazone groups is 1. The van der Waals surface area contributed by atoms with Crippen LogP contribution in [-0.2, 0) is 6.54 Å². The molecule has 0 unspecified atom stereocenters. The van der Waals surface area contributed by atoms with Crippen molar-refractivity contribution in [3.05, 3.63) is 83.3 Å². The van der Waals surface area contributed by atoms with E-state index in [0.717, 1.165) is 34.5 Å². The Morgan fingerprint density at radius 2 is 1.79 bits per heavy atom. The first-order chi connectivity index (χ1) is 14.2. The van der Waals surface area contributed by atoms with E-state index in [2.05, 4.69) is 63.2 Å². The number of rotatable bonds is 6. The molecule has 0 saturated carbocycles. The van der Waals surface area contributed by atoms with E-state index in [1.54, 1.807) is 19.7 Å². The number of hydrogen-bond donors (Lipinski definition) is 1. The maximum Gasteiger partial charge on any atom is 0.159 e. The number of aromatic nitrogens is 3. The molecule has 6 heteroatoms. The first kappa shape index (κ1) is 18.7. The van der Waals surface area contributed by atoms with Gasteiger partial charge in [-0.05, 0) is 37.1 Å². The standard InChI is InChI=1S/C23H23N5O/c1-16-17(2)28(14-18-9-5-4-6-10-18)23-21(16)22(24-15-25-23)27-26-13-19-11-7-8-12-20(19)29-3/h4-13,15H,14H2,1-3H3,(H,24,25,27). The summed E-state index contributed by atoms with van der Waals surface area (Å²) in [7, 11) is 1.65. The lowest BCUT2D eigenvalue weighted by atomic mass is 10.2. The molecule has 0 radical (unpaired) electrons. The monoisotopic (exact) mass is 385 g/mol. The van der Waals surface area contributed by atoms with Gasteiger partial charge < -0.3 is 9.30 Å². The summed E-state index contributed by atoms with van der Waals surface area (Å²) >= 11 is 0. The van der Waals surface area contributed by atoms with E-state index < -0.39 is 0 Å². The summed E-state index contributed by atoms with van der Waals surface area (Å²) in [5, 5.41) is 5.36. The van der Waals surface area contributed by atoms with Gasteiger partial charge in [0.1, 0.15) is 17.7 Å². The van der Waals surface area contributed by atoms with Gasteiger partial charge in [0, 0.05) is 17.8 Å². The first-order valence-electron chi connectivity index (χ1n) is 9.45. The largest absolute Gasteiger partial charge is 0.496 e. The molecule has 29 heavy (non-hydrogen) atoms. The lowest BCUT2D eigenvalue weighted by molar-refractivity contribution is 0.414. The fourth-order valence-electron chi connectivity index (χ4n) is 3.45. The van der Waals surface area contributed by atoms with E-state index >= 15 is 0 Å². The van der Waals surface area contributed by atoms with Gasteiger partial charge in [-0.2, -0.15) is 5.10 Å². The summed E-state index contributed by atoms with van der Waals surface area (Å²) in [5.74, 6) is 1.46. The van der Waals surface area contributed by atoms with Crippen molar-refractivity contribution in [3.8, 4) is 5.75 Å². The van der Waals surface area contributed by atoms with Crippen LogP contribution in [0.25, 0.3) is 11.0 Å². The lowest BCUT2D eigenvalue weighted by Gasteiger charge is -2.08. The van der Waals surface area contributed by atoms with Gasteiger partial charge in [0.2, 0.25) is 0 Å². The Kier molecular flexibility index (Phi) is 5.24. The summed E-state index contributed by atoms with van der Waals surface area (Å²) in [6, 6.07) is 18.1. The highest BCUT2D eigenvalue weighted by atomic mass is 16.5. The molecule has 0 aliphatic rings. The molecule has 4 rings (SSSR count). The van der Waals surface area contributed by atoms with Crippen molar-refractivity contribution in [2.75, 3.05) is 12.5 Å². The zero-order chi connectivity index (χ0) is 20.2. The van der Waals surface area contributed by atoms with Gasteiger partial charge in [-0.1, -0.05) is 42.5 Å². The minimum atomic E-state index is 0.688. The normalized spacial score (nSPS) is 11.3. The van der Waals surface area contributed by atoms with E-state index in [0.29, 0.717) is 5.82 Å². The van der Waals surface area contributed by atoms with E-state index in [4.69, 9.17) is 4.74 Å². The van der Waals surface area contributed by atoms with Crippen LogP contribution in [0, 0.1) is 13.8 Å². The Labute approximate surface area is 169 Å². The number of aryl methyl sites for hydroxylation is 1. The van der Waals surface area contributed by atoms with Crippen molar-refractivity contribution in [2.45, 2.75) is 20.4 Å². The van der Waals surface area contributed by atoms with Gasteiger partial charge in [0.05, 0.1) is 18.7 Å². The number of anilines is 1. The summed E-state index contributed by atoms with van der Waals surface area (Å²) in [5.41, 5.74) is 8.41. The van der Waals surface area contributed by atoms with E-state index in [1.807, 2.05) is 30.3 Å². The van der Waals surface area contributed by atoms with Crippen LogP contribution in [-0.4, -0.2) is 27.9 Å². The van der Waals surface area contributed by atoms with Crippen molar-refractivity contribution >= 4 is 23.1 Å². The topological polar surface area (TPSA) is 64.3 Å². The van der Waals surface area contributed by atoms with Crippen molar-refractivity contribution in [3.63, 3.8) is 0 Å². The maximum absolute atomic E-state index is 5.37. The van der Waals surface area contributed by atoms with Crippen LogP contribution in [0.3, 0.4) is 0 Å². The van der Waals surface area contributed by atoms with Gasteiger partial charge in [0.25, 0.3) is 0 Å². The molecule has 0 amide bonds. The van der Waals surface area contributed by atoms with Crippen molar-refractivity contribution < 1.29 is 4.74 Å². The Balaban J connectivity index is 1.67. The number of methoxy groups -OCH3 is 1. The molecule has 146 valence electrons. The van der Waals surface area contributed by atoms with Crippen LogP contribution in [0.15, 0.2) is 66.0 Å². The molecule has 0 spiro atoms. The van der Waals surface area contributed by atoms with Crippen LogP contribution in [0.5, 0.6) is 5.75 Å². The van der Waals surface area contributed by atoms with Crippen LogP contribution in [0.2, 0.25) is 0 Å². The Bertz CT molecular complexity index is 1160. The summed E-state index contributed by atoms with van der Waals surface area (Å²) in [6.45, 7) is 4.97. The second-order valence-electron chi connectivity index (χ2n) is 6.81. The SMILES string of the molecule is COc1ccccc1C=NNc1ncnc2c1c(C)c(C)n2Cc1ccccc1. The van der Waals surface area contributed by atoms with Crippen molar-refractivity contribution in [2.24, 2.45) is 5.10 Å². The average Bonchev–Trinajstić information content (AvgIpc) is 3.00. The molecule has 6 nitrogen and oxygen atoms in total. The van der Waals surface area contributed by atoms with E-state index in [9.17, 15) is 0 Å². The Morgan fingerprint density at radius 3 is 2.59 bits per heavy atom. The molecule has 2 heterocycles. The molecular formula is C23H23N5O. The maximum atomic E-state index is 5.37. The predicted octanol–water partition coefficient (Wildman–Crippen LogP) is 4.55. The fraction of sp³-hybridized carbons (Fsp3) is 0.174. The predicted molar refractivity (Wildman–Crippen MR) is 117 cm³/mol. The molecule has 2 aromatic carbocycles. The summed E-state index contributed by atoms with van der Waals surface area (Å²) < 4.78 is 7.58. The fourth-order valence-corrected chi connectivity index (χ4v) is 3.45. The quantitative estimate of drug-likeness (QED) is 0.391. The van der Waals surface area contributed by atoms with Gasteiger partial charge >= 0.3 is 0 Å². The molecule has 0 bridgehead atoms. The number of fused-ring (bicyclic) bond motifs is 1. The number of nitrogens with one attached hydrogen (secondary N) is 1. The van der Waals surface area contributed by atoms with Gasteiger partial charge in [-0.3, -0.25) is 5.43 Å². The smallest absolute Gasteiger partial charge is 0.159 e. The first-order valence-corrected chi connectivity index (χ1v) is 9.45. The molecule has 4 aromatic rings. The summed E-state index contributed by atoms with van der Waals surface area (Å²) in [6.07, 6.45) is 3.31. The van der Waals surface area contributed by atoms with Crippen LogP contribution >= 0.6 is 0 Å². The highest BCUT2D eigenvalue weighted by Gasteiger charge is 2.16. The lowest BCUT2D eigenvalue weighted by Crippen LogP contribution is -2.03. The van der Waals surface area contributed by atoms with Gasteiger partial charge in [-0.25, -0.2) is 9.97 Å². The molecule has 0 fully saturated rings.